The number of rotatable bonds is 7. The van der Waals surface area contributed by atoms with Gasteiger partial charge in [-0.3, -0.25) is 0 Å². The van der Waals surface area contributed by atoms with Crippen LogP contribution >= 0.6 is 0 Å². The summed E-state index contributed by atoms with van der Waals surface area (Å²) < 4.78 is 0. The lowest BCUT2D eigenvalue weighted by Gasteiger charge is -2.27. The summed E-state index contributed by atoms with van der Waals surface area (Å²) in [6, 6.07) is 9.58. The Morgan fingerprint density at radius 2 is 1.78 bits per heavy atom. The molecule has 0 aliphatic carbocycles. The molecule has 0 bridgehead atoms. The van der Waals surface area contributed by atoms with E-state index in [2.05, 4.69) is 64.2 Å². The molecule has 0 heterocycles. The highest BCUT2D eigenvalue weighted by molar-refractivity contribution is 5.26. The smallest absolute Gasteiger partial charge is 0.00251 e. The molecule has 1 rings (SSSR count). The van der Waals surface area contributed by atoms with Crippen LogP contribution in [0.5, 0.6) is 0 Å². The van der Waals surface area contributed by atoms with Crippen LogP contribution in [-0.2, 0) is 0 Å². The topological polar surface area (TPSA) is 12.0 Å². The SMILES string of the molecule is CCC(CC)C(CNC(C)C)c1cccc(C)c1. The summed E-state index contributed by atoms with van der Waals surface area (Å²) in [6.45, 7) is 12.3. The highest BCUT2D eigenvalue weighted by atomic mass is 14.9. The van der Waals surface area contributed by atoms with Crippen molar-refractivity contribution in [1.82, 2.24) is 5.32 Å². The molecule has 1 N–H and O–H groups in total. The monoisotopic (exact) mass is 247 g/mol. The average Bonchev–Trinajstić information content (AvgIpc) is 2.34. The van der Waals surface area contributed by atoms with Gasteiger partial charge in [0.05, 0.1) is 0 Å². The molecule has 1 aromatic rings. The Kier molecular flexibility index (Phi) is 6.42. The summed E-state index contributed by atoms with van der Waals surface area (Å²) >= 11 is 0. The second-order valence-corrected chi connectivity index (χ2v) is 5.66. The Bertz CT molecular complexity index is 339. The second-order valence-electron chi connectivity index (χ2n) is 5.66. The van der Waals surface area contributed by atoms with Gasteiger partial charge in [0.2, 0.25) is 0 Å². The minimum atomic E-state index is 0.562. The number of benzene rings is 1. The highest BCUT2D eigenvalue weighted by Gasteiger charge is 2.20. The molecule has 0 saturated carbocycles. The molecule has 0 spiro atoms. The number of hydrogen-bond acceptors (Lipinski definition) is 1. The van der Waals surface area contributed by atoms with Gasteiger partial charge in [-0.05, 0) is 24.3 Å². The summed E-state index contributed by atoms with van der Waals surface area (Å²) in [5, 5.41) is 3.61. The van der Waals surface area contributed by atoms with Crippen LogP contribution in [0.4, 0.5) is 0 Å². The zero-order chi connectivity index (χ0) is 13.5. The molecule has 1 atom stereocenters. The maximum Gasteiger partial charge on any atom is 0.00251 e. The van der Waals surface area contributed by atoms with Crippen LogP contribution in [0.25, 0.3) is 0 Å². The van der Waals surface area contributed by atoms with E-state index in [1.54, 1.807) is 0 Å². The van der Waals surface area contributed by atoms with Crippen molar-refractivity contribution < 1.29 is 0 Å². The van der Waals surface area contributed by atoms with E-state index in [1.165, 1.54) is 24.0 Å². The third-order valence-electron chi connectivity index (χ3n) is 3.83. The van der Waals surface area contributed by atoms with Gasteiger partial charge >= 0.3 is 0 Å². The Morgan fingerprint density at radius 3 is 2.28 bits per heavy atom. The average molecular weight is 247 g/mol. The van der Waals surface area contributed by atoms with E-state index in [4.69, 9.17) is 0 Å². The van der Waals surface area contributed by atoms with E-state index in [9.17, 15) is 0 Å². The van der Waals surface area contributed by atoms with E-state index in [0.717, 1.165) is 12.5 Å². The van der Waals surface area contributed by atoms with Crippen molar-refractivity contribution in [2.24, 2.45) is 5.92 Å². The van der Waals surface area contributed by atoms with E-state index in [-0.39, 0.29) is 0 Å². The molecule has 0 aliphatic heterocycles. The molecule has 102 valence electrons. The van der Waals surface area contributed by atoms with Crippen LogP contribution in [0, 0.1) is 12.8 Å². The first-order valence-corrected chi connectivity index (χ1v) is 7.38. The minimum absolute atomic E-state index is 0.562. The Hall–Kier alpha value is -0.820. The lowest BCUT2D eigenvalue weighted by Crippen LogP contribution is -2.31. The van der Waals surface area contributed by atoms with Crippen molar-refractivity contribution in [1.29, 1.82) is 0 Å². The van der Waals surface area contributed by atoms with Crippen molar-refractivity contribution in [2.75, 3.05) is 6.54 Å². The molecule has 1 heteroatoms. The first kappa shape index (κ1) is 15.2. The molecule has 0 aromatic heterocycles. The summed E-state index contributed by atoms with van der Waals surface area (Å²) in [7, 11) is 0. The van der Waals surface area contributed by atoms with E-state index >= 15 is 0 Å². The van der Waals surface area contributed by atoms with Gasteiger partial charge in [0.25, 0.3) is 0 Å². The zero-order valence-corrected chi connectivity index (χ0v) is 12.7. The lowest BCUT2D eigenvalue weighted by molar-refractivity contribution is 0.370. The molecule has 1 aromatic carbocycles. The van der Waals surface area contributed by atoms with Crippen molar-refractivity contribution >= 4 is 0 Å². The standard InChI is InChI=1S/C17H29N/c1-6-15(7-2)17(12-18-13(3)4)16-10-8-9-14(5)11-16/h8-11,13,15,17-18H,6-7,12H2,1-5H3. The summed E-state index contributed by atoms with van der Waals surface area (Å²) in [5.41, 5.74) is 2.87. The van der Waals surface area contributed by atoms with Gasteiger partial charge in [-0.25, -0.2) is 0 Å². The maximum atomic E-state index is 3.61. The third kappa shape index (κ3) is 4.45. The number of aryl methyl sites for hydroxylation is 1. The van der Waals surface area contributed by atoms with Crippen LogP contribution in [-0.4, -0.2) is 12.6 Å². The molecule has 0 fully saturated rings. The van der Waals surface area contributed by atoms with Gasteiger partial charge in [0.15, 0.2) is 0 Å². The van der Waals surface area contributed by atoms with Crippen LogP contribution in [0.2, 0.25) is 0 Å². The van der Waals surface area contributed by atoms with Crippen molar-refractivity contribution in [3.63, 3.8) is 0 Å². The van der Waals surface area contributed by atoms with E-state index in [1.807, 2.05) is 0 Å². The summed E-state index contributed by atoms with van der Waals surface area (Å²) in [4.78, 5) is 0. The van der Waals surface area contributed by atoms with Crippen molar-refractivity contribution in [3.05, 3.63) is 35.4 Å². The van der Waals surface area contributed by atoms with Crippen LogP contribution in [0.3, 0.4) is 0 Å². The lowest BCUT2D eigenvalue weighted by atomic mass is 9.82. The first-order valence-electron chi connectivity index (χ1n) is 7.38. The van der Waals surface area contributed by atoms with Crippen LogP contribution in [0.1, 0.15) is 57.6 Å². The molecule has 1 nitrogen and oxygen atoms in total. The molecular weight excluding hydrogens is 218 g/mol. The minimum Gasteiger partial charge on any atom is -0.314 e. The zero-order valence-electron chi connectivity index (χ0n) is 12.7. The molecule has 18 heavy (non-hydrogen) atoms. The normalized spacial score (nSPS) is 13.3. The summed E-state index contributed by atoms with van der Waals surface area (Å²) in [6.07, 6.45) is 2.52. The van der Waals surface area contributed by atoms with Crippen molar-refractivity contribution in [3.8, 4) is 0 Å². The quantitative estimate of drug-likeness (QED) is 0.747. The second kappa shape index (κ2) is 7.58. The van der Waals surface area contributed by atoms with Gasteiger partial charge in [-0.15, -0.1) is 0 Å². The van der Waals surface area contributed by atoms with E-state index < -0.39 is 0 Å². The van der Waals surface area contributed by atoms with Crippen LogP contribution in [0.15, 0.2) is 24.3 Å². The summed E-state index contributed by atoms with van der Waals surface area (Å²) in [5.74, 6) is 1.42. The van der Waals surface area contributed by atoms with E-state index in [0.29, 0.717) is 12.0 Å². The largest absolute Gasteiger partial charge is 0.314 e. The number of nitrogens with one attached hydrogen (secondary N) is 1. The van der Waals surface area contributed by atoms with Gasteiger partial charge in [-0.1, -0.05) is 70.4 Å². The predicted molar refractivity (Wildman–Crippen MR) is 81.1 cm³/mol. The molecular formula is C17H29N. The molecule has 1 unspecified atom stereocenters. The van der Waals surface area contributed by atoms with Gasteiger partial charge < -0.3 is 5.32 Å². The van der Waals surface area contributed by atoms with Gasteiger partial charge in [-0.2, -0.15) is 0 Å². The van der Waals surface area contributed by atoms with Crippen molar-refractivity contribution in [2.45, 2.75) is 59.4 Å². The van der Waals surface area contributed by atoms with Gasteiger partial charge in [0.1, 0.15) is 0 Å². The molecule has 0 amide bonds. The predicted octanol–water partition coefficient (Wildman–Crippen LogP) is 4.51. The van der Waals surface area contributed by atoms with Gasteiger partial charge in [0, 0.05) is 12.6 Å². The van der Waals surface area contributed by atoms with Crippen LogP contribution < -0.4 is 5.32 Å². The Balaban J connectivity index is 2.88. The Labute approximate surface area is 113 Å². The maximum absolute atomic E-state index is 3.61. The Morgan fingerprint density at radius 1 is 1.11 bits per heavy atom. The molecule has 0 saturated heterocycles. The molecule has 0 radical (unpaired) electrons. The third-order valence-corrected chi connectivity index (χ3v) is 3.83. The highest BCUT2D eigenvalue weighted by Crippen LogP contribution is 2.29. The fourth-order valence-corrected chi connectivity index (χ4v) is 2.68. The molecule has 0 aliphatic rings. The first-order chi connectivity index (χ1) is 8.58. The fourth-order valence-electron chi connectivity index (χ4n) is 2.68. The fraction of sp³-hybridized carbons (Fsp3) is 0.647. The number of hydrogen-bond donors (Lipinski definition) is 1.